The molecule has 238 valence electrons. The molecule has 10 atom stereocenters. The van der Waals surface area contributed by atoms with Crippen molar-refractivity contribution in [3.05, 3.63) is 35.4 Å². The quantitative estimate of drug-likeness (QED) is 0.188. The van der Waals surface area contributed by atoms with Crippen molar-refractivity contribution >= 4 is 17.7 Å². The van der Waals surface area contributed by atoms with Crippen LogP contribution in [0, 0.1) is 46.3 Å². The van der Waals surface area contributed by atoms with Crippen molar-refractivity contribution in [1.82, 2.24) is 16.1 Å². The van der Waals surface area contributed by atoms with Crippen molar-refractivity contribution in [3.8, 4) is 0 Å². The largest absolute Gasteiger partial charge is 0.393 e. The van der Waals surface area contributed by atoms with Gasteiger partial charge in [0.25, 0.3) is 5.91 Å². The smallest absolute Gasteiger partial charge is 0.274 e. The number of hydroxylamine groups is 1. The molecule has 1 aromatic rings. The summed E-state index contributed by atoms with van der Waals surface area (Å²) in [5.41, 5.74) is 3.10. The van der Waals surface area contributed by atoms with Crippen LogP contribution in [0.5, 0.6) is 0 Å². The lowest BCUT2D eigenvalue weighted by Gasteiger charge is -2.62. The summed E-state index contributed by atoms with van der Waals surface area (Å²) in [5.74, 6) is 1.71. The van der Waals surface area contributed by atoms with Gasteiger partial charge in [0.1, 0.15) is 0 Å². The van der Waals surface area contributed by atoms with Crippen LogP contribution in [0.15, 0.2) is 24.3 Å². The fourth-order valence-corrected chi connectivity index (χ4v) is 10.1. The van der Waals surface area contributed by atoms with Crippen molar-refractivity contribution in [2.75, 3.05) is 6.54 Å². The van der Waals surface area contributed by atoms with Crippen LogP contribution >= 0.6 is 0 Å². The SMILES string of the molecule is C[C@H](CCC(=O)NCC(=O)NCc1ccc(C(=O)NO)cc1)[C@H]1CC[C@H]2[C@@H]3[C@@H](O)C[C@@H]4C[C@H](O)CC[C@]4(C)[C@H]3CC[C@]12C. The molecule has 9 heteroatoms. The van der Waals surface area contributed by atoms with Crippen LogP contribution in [0.25, 0.3) is 0 Å². The summed E-state index contributed by atoms with van der Waals surface area (Å²) in [6, 6.07) is 6.51. The van der Waals surface area contributed by atoms with Crippen molar-refractivity contribution in [2.45, 2.75) is 104 Å². The zero-order chi connectivity index (χ0) is 30.9. The predicted octanol–water partition coefficient (Wildman–Crippen LogP) is 3.94. The molecule has 9 nitrogen and oxygen atoms in total. The molecule has 4 aliphatic rings. The van der Waals surface area contributed by atoms with Gasteiger partial charge in [0.2, 0.25) is 11.8 Å². The van der Waals surface area contributed by atoms with Crippen LogP contribution in [-0.2, 0) is 16.1 Å². The standard InChI is InChI=1S/C34H51N3O6/c1-20(4-11-29(40)36-19-30(41)35-18-21-5-7-22(8-6-21)32(42)37-43)25-9-10-26-31-27(13-15-34(25,26)3)33(2)14-12-24(38)16-23(33)17-28(31)39/h5-8,20,23-28,31,38-39,43H,4,9-19H2,1-3H3,(H,35,41)(H,36,40)(H,37,42)/t20-,23+,24-,25-,26+,27+,28+,31+,33+,34-/m1/s1. The lowest BCUT2D eigenvalue weighted by atomic mass is 9.43. The Morgan fingerprint density at radius 2 is 1.60 bits per heavy atom. The second-order valence-corrected chi connectivity index (χ2v) is 14.7. The second kappa shape index (κ2) is 12.9. The summed E-state index contributed by atoms with van der Waals surface area (Å²) < 4.78 is 0. The first-order valence-electron chi connectivity index (χ1n) is 16.4. The van der Waals surface area contributed by atoms with Crippen LogP contribution < -0.4 is 16.1 Å². The molecule has 5 rings (SSSR count). The van der Waals surface area contributed by atoms with Crippen molar-refractivity contribution < 1.29 is 29.8 Å². The summed E-state index contributed by atoms with van der Waals surface area (Å²) >= 11 is 0. The number of amides is 3. The topological polar surface area (TPSA) is 148 Å². The normalized spacial score (nSPS) is 37.3. The van der Waals surface area contributed by atoms with Gasteiger partial charge < -0.3 is 20.8 Å². The third kappa shape index (κ3) is 6.36. The average Bonchev–Trinajstić information content (AvgIpc) is 3.35. The Morgan fingerprint density at radius 1 is 0.907 bits per heavy atom. The monoisotopic (exact) mass is 597 g/mol. The number of aliphatic hydroxyl groups excluding tert-OH is 2. The molecule has 3 amide bonds. The maximum atomic E-state index is 12.7. The van der Waals surface area contributed by atoms with Gasteiger partial charge in [-0.05, 0) is 122 Å². The molecular weight excluding hydrogens is 546 g/mol. The van der Waals surface area contributed by atoms with E-state index < -0.39 is 5.91 Å². The van der Waals surface area contributed by atoms with Gasteiger partial charge in [0, 0.05) is 18.5 Å². The number of fused-ring (bicyclic) bond motifs is 5. The molecule has 0 radical (unpaired) electrons. The summed E-state index contributed by atoms with van der Waals surface area (Å²) in [5, 5.41) is 36.0. The van der Waals surface area contributed by atoms with Crippen molar-refractivity contribution in [2.24, 2.45) is 46.3 Å². The van der Waals surface area contributed by atoms with Gasteiger partial charge in [-0.1, -0.05) is 32.9 Å². The Morgan fingerprint density at radius 3 is 2.33 bits per heavy atom. The molecule has 0 aliphatic heterocycles. The maximum Gasteiger partial charge on any atom is 0.274 e. The Bertz CT molecular complexity index is 1180. The van der Waals surface area contributed by atoms with Gasteiger partial charge in [0.15, 0.2) is 0 Å². The van der Waals surface area contributed by atoms with E-state index in [1.54, 1.807) is 29.7 Å². The molecule has 6 N–H and O–H groups in total. The molecule has 0 unspecified atom stereocenters. The Labute approximate surface area is 255 Å². The first-order chi connectivity index (χ1) is 20.5. The Kier molecular flexibility index (Phi) is 9.54. The molecular formula is C34H51N3O6. The molecule has 1 aromatic carbocycles. The Balaban J connectivity index is 1.08. The van der Waals surface area contributed by atoms with E-state index in [-0.39, 0.29) is 47.9 Å². The molecule has 43 heavy (non-hydrogen) atoms. The highest BCUT2D eigenvalue weighted by Crippen LogP contribution is 2.68. The van der Waals surface area contributed by atoms with Crippen LogP contribution in [0.2, 0.25) is 0 Å². The number of hydrogen-bond donors (Lipinski definition) is 6. The fraction of sp³-hybridized carbons (Fsp3) is 0.735. The number of carbonyl (C=O) groups is 3. The van der Waals surface area contributed by atoms with Crippen molar-refractivity contribution in [1.29, 1.82) is 0 Å². The van der Waals surface area contributed by atoms with E-state index in [0.29, 0.717) is 47.5 Å². The van der Waals surface area contributed by atoms with E-state index in [9.17, 15) is 24.6 Å². The molecule has 0 bridgehead atoms. The number of aliphatic hydroxyl groups is 2. The minimum atomic E-state index is -0.598. The zero-order valence-corrected chi connectivity index (χ0v) is 26.0. The number of benzene rings is 1. The molecule has 0 heterocycles. The van der Waals surface area contributed by atoms with Gasteiger partial charge in [-0.25, -0.2) is 5.48 Å². The van der Waals surface area contributed by atoms with Gasteiger partial charge in [0.05, 0.1) is 18.8 Å². The highest BCUT2D eigenvalue weighted by atomic mass is 16.5. The first-order valence-corrected chi connectivity index (χ1v) is 16.4. The van der Waals surface area contributed by atoms with E-state index in [1.165, 1.54) is 6.42 Å². The van der Waals surface area contributed by atoms with Crippen LogP contribution in [-0.4, -0.2) is 51.9 Å². The van der Waals surface area contributed by atoms with E-state index in [1.807, 2.05) is 0 Å². The summed E-state index contributed by atoms with van der Waals surface area (Å²) in [4.78, 5) is 36.4. The highest BCUT2D eigenvalue weighted by molar-refractivity contribution is 5.93. The van der Waals surface area contributed by atoms with E-state index in [2.05, 4.69) is 31.4 Å². The molecule has 4 fully saturated rings. The average molecular weight is 598 g/mol. The number of carbonyl (C=O) groups excluding carboxylic acids is 3. The maximum absolute atomic E-state index is 12.7. The second-order valence-electron chi connectivity index (χ2n) is 14.7. The van der Waals surface area contributed by atoms with E-state index >= 15 is 0 Å². The molecule has 0 spiro atoms. The molecule has 0 saturated heterocycles. The summed E-state index contributed by atoms with van der Waals surface area (Å²) in [6.45, 7) is 7.36. The Hall–Kier alpha value is -2.49. The first kappa shape index (κ1) is 31.9. The molecule has 0 aromatic heterocycles. The van der Waals surface area contributed by atoms with Crippen LogP contribution in [0.3, 0.4) is 0 Å². The number of nitrogens with one attached hydrogen (secondary N) is 3. The number of rotatable bonds is 9. The van der Waals surface area contributed by atoms with Gasteiger partial charge >= 0.3 is 0 Å². The van der Waals surface area contributed by atoms with Crippen LogP contribution in [0.4, 0.5) is 0 Å². The van der Waals surface area contributed by atoms with Gasteiger partial charge in [-0.3, -0.25) is 19.6 Å². The summed E-state index contributed by atoms with van der Waals surface area (Å²) in [6.07, 6.45) is 8.91. The predicted molar refractivity (Wildman–Crippen MR) is 162 cm³/mol. The number of hydrogen-bond acceptors (Lipinski definition) is 6. The third-order valence-corrected chi connectivity index (χ3v) is 12.5. The van der Waals surface area contributed by atoms with Crippen molar-refractivity contribution in [3.63, 3.8) is 0 Å². The van der Waals surface area contributed by atoms with Gasteiger partial charge in [-0.2, -0.15) is 0 Å². The third-order valence-electron chi connectivity index (χ3n) is 12.5. The van der Waals surface area contributed by atoms with Crippen LogP contribution in [0.1, 0.15) is 101 Å². The highest BCUT2D eigenvalue weighted by Gasteiger charge is 2.62. The zero-order valence-electron chi connectivity index (χ0n) is 26.0. The molecule has 4 saturated carbocycles. The minimum absolute atomic E-state index is 0.0841. The molecule has 4 aliphatic carbocycles. The summed E-state index contributed by atoms with van der Waals surface area (Å²) in [7, 11) is 0. The van der Waals surface area contributed by atoms with Gasteiger partial charge in [-0.15, -0.1) is 0 Å². The van der Waals surface area contributed by atoms with E-state index in [0.717, 1.165) is 56.9 Å². The van der Waals surface area contributed by atoms with E-state index in [4.69, 9.17) is 5.21 Å². The fourth-order valence-electron chi connectivity index (χ4n) is 10.1. The lowest BCUT2D eigenvalue weighted by Crippen LogP contribution is -2.58. The minimum Gasteiger partial charge on any atom is -0.393 e. The lowest BCUT2D eigenvalue weighted by molar-refractivity contribution is -0.174.